The van der Waals surface area contributed by atoms with Crippen molar-refractivity contribution in [2.24, 2.45) is 0 Å². The number of carbonyl (C=O) groups excluding carboxylic acids is 1. The highest BCUT2D eigenvalue weighted by Gasteiger charge is 2.24. The number of amides is 1. The third kappa shape index (κ3) is 2.32. The van der Waals surface area contributed by atoms with Crippen LogP contribution in [0.1, 0.15) is 30.9 Å². The number of nitrogens with one attached hydrogen (secondary N) is 1. The molecule has 0 radical (unpaired) electrons. The third-order valence-corrected chi connectivity index (χ3v) is 3.00. The monoisotopic (exact) mass is 215 g/mol. The van der Waals surface area contributed by atoms with E-state index in [0.717, 1.165) is 24.0 Å². The molecule has 2 rings (SSSR count). The average Bonchev–Trinajstić information content (AvgIpc) is 2.63. The lowest BCUT2D eigenvalue weighted by molar-refractivity contribution is -0.116. The first-order valence-electron chi connectivity index (χ1n) is 5.77. The molecule has 1 amide bonds. The average molecular weight is 215 g/mol. The molecule has 1 aliphatic heterocycles. The van der Waals surface area contributed by atoms with Gasteiger partial charge in [0.05, 0.1) is 0 Å². The largest absolute Gasteiger partial charge is 0.349 e. The Balaban J connectivity index is 2.18. The zero-order valence-corrected chi connectivity index (χ0v) is 9.79. The molecule has 84 valence electrons. The highest BCUT2D eigenvalue weighted by Crippen LogP contribution is 2.19. The first-order valence-corrected chi connectivity index (χ1v) is 5.77. The molecule has 1 fully saturated rings. The smallest absolute Gasteiger partial charge is 0.247 e. The van der Waals surface area contributed by atoms with Gasteiger partial charge in [0, 0.05) is 11.6 Å². The first kappa shape index (κ1) is 10.9. The van der Waals surface area contributed by atoms with Gasteiger partial charge in [-0.2, -0.15) is 0 Å². The molecule has 2 nitrogen and oxygen atoms in total. The highest BCUT2D eigenvalue weighted by molar-refractivity contribution is 6.00. The second-order valence-electron chi connectivity index (χ2n) is 4.36. The van der Waals surface area contributed by atoms with Crippen molar-refractivity contribution >= 4 is 12.0 Å². The van der Waals surface area contributed by atoms with E-state index in [-0.39, 0.29) is 5.91 Å². The van der Waals surface area contributed by atoms with Gasteiger partial charge in [0.25, 0.3) is 0 Å². The highest BCUT2D eigenvalue weighted by atomic mass is 16.2. The maximum absolute atomic E-state index is 11.6. The summed E-state index contributed by atoms with van der Waals surface area (Å²) in [5, 5.41) is 2.98. The lowest BCUT2D eigenvalue weighted by atomic mass is 10.1. The topological polar surface area (TPSA) is 29.1 Å². The van der Waals surface area contributed by atoms with Crippen LogP contribution in [0.5, 0.6) is 0 Å². The van der Waals surface area contributed by atoms with E-state index in [9.17, 15) is 4.79 Å². The number of hydrogen-bond acceptors (Lipinski definition) is 1. The number of aryl methyl sites for hydroxylation is 1. The summed E-state index contributed by atoms with van der Waals surface area (Å²) in [5.74, 6) is 0.0902. The minimum atomic E-state index is 0.0902. The quantitative estimate of drug-likeness (QED) is 0.755. The SMILES string of the molecule is CCC1C/C(=C\c2ccc(C)cc2)C(=O)N1. The van der Waals surface area contributed by atoms with Crippen LogP contribution in [0, 0.1) is 6.92 Å². The first-order chi connectivity index (χ1) is 7.69. The van der Waals surface area contributed by atoms with Crippen LogP contribution in [0.25, 0.3) is 6.08 Å². The number of benzene rings is 1. The number of rotatable bonds is 2. The van der Waals surface area contributed by atoms with Crippen LogP contribution in [0.3, 0.4) is 0 Å². The van der Waals surface area contributed by atoms with E-state index in [1.165, 1.54) is 5.56 Å². The molecule has 1 saturated heterocycles. The summed E-state index contributed by atoms with van der Waals surface area (Å²) in [4.78, 5) is 11.6. The van der Waals surface area contributed by atoms with Crippen LogP contribution < -0.4 is 5.32 Å². The summed E-state index contributed by atoms with van der Waals surface area (Å²) < 4.78 is 0. The summed E-state index contributed by atoms with van der Waals surface area (Å²) >= 11 is 0. The standard InChI is InChI=1S/C14H17NO/c1-3-13-9-12(14(16)15-13)8-11-6-4-10(2)5-7-11/h4-8,13H,3,9H2,1-2H3,(H,15,16)/b12-8+. The molecule has 2 heteroatoms. The van der Waals surface area contributed by atoms with Crippen LogP contribution in [-0.2, 0) is 4.79 Å². The molecule has 1 aromatic carbocycles. The summed E-state index contributed by atoms with van der Waals surface area (Å²) in [6, 6.07) is 8.56. The lowest BCUT2D eigenvalue weighted by Gasteiger charge is -2.02. The third-order valence-electron chi connectivity index (χ3n) is 3.00. The predicted octanol–water partition coefficient (Wildman–Crippen LogP) is 2.68. The molecule has 1 N–H and O–H groups in total. The maximum Gasteiger partial charge on any atom is 0.247 e. The van der Waals surface area contributed by atoms with Gasteiger partial charge in [0.2, 0.25) is 5.91 Å². The van der Waals surface area contributed by atoms with Gasteiger partial charge in [0.15, 0.2) is 0 Å². The van der Waals surface area contributed by atoms with E-state index in [1.807, 2.05) is 6.08 Å². The van der Waals surface area contributed by atoms with E-state index in [4.69, 9.17) is 0 Å². The van der Waals surface area contributed by atoms with Gasteiger partial charge in [-0.15, -0.1) is 0 Å². The Labute approximate surface area is 96.4 Å². The molecular formula is C14H17NO. The van der Waals surface area contributed by atoms with Crippen molar-refractivity contribution in [2.75, 3.05) is 0 Å². The van der Waals surface area contributed by atoms with Gasteiger partial charge in [-0.25, -0.2) is 0 Å². The molecule has 1 atom stereocenters. The van der Waals surface area contributed by atoms with Gasteiger partial charge in [-0.3, -0.25) is 4.79 Å². The van der Waals surface area contributed by atoms with Crippen molar-refractivity contribution in [1.29, 1.82) is 0 Å². The summed E-state index contributed by atoms with van der Waals surface area (Å²) in [5.41, 5.74) is 3.24. The Morgan fingerprint density at radius 3 is 2.62 bits per heavy atom. The van der Waals surface area contributed by atoms with Crippen molar-refractivity contribution in [3.8, 4) is 0 Å². The molecule has 0 bridgehead atoms. The van der Waals surface area contributed by atoms with Crippen molar-refractivity contribution in [2.45, 2.75) is 32.7 Å². The molecule has 1 heterocycles. The molecule has 1 aliphatic rings. The van der Waals surface area contributed by atoms with Gasteiger partial charge in [0.1, 0.15) is 0 Å². The molecule has 1 aromatic rings. The van der Waals surface area contributed by atoms with E-state index in [1.54, 1.807) is 0 Å². The molecule has 16 heavy (non-hydrogen) atoms. The second kappa shape index (κ2) is 4.52. The Bertz CT molecular complexity index is 417. The second-order valence-corrected chi connectivity index (χ2v) is 4.36. The number of carbonyl (C=O) groups is 1. The molecule has 0 spiro atoms. The molecular weight excluding hydrogens is 198 g/mol. The van der Waals surface area contributed by atoms with Crippen molar-refractivity contribution in [3.63, 3.8) is 0 Å². The fourth-order valence-corrected chi connectivity index (χ4v) is 1.92. The Morgan fingerprint density at radius 1 is 1.38 bits per heavy atom. The van der Waals surface area contributed by atoms with Crippen LogP contribution >= 0.6 is 0 Å². The molecule has 0 aromatic heterocycles. The normalized spacial score (nSPS) is 22.5. The Kier molecular flexibility index (Phi) is 3.09. The summed E-state index contributed by atoms with van der Waals surface area (Å²) in [6.45, 7) is 4.16. The minimum Gasteiger partial charge on any atom is -0.349 e. The van der Waals surface area contributed by atoms with E-state index in [2.05, 4.69) is 43.4 Å². The molecule has 1 unspecified atom stereocenters. The van der Waals surface area contributed by atoms with Gasteiger partial charge >= 0.3 is 0 Å². The van der Waals surface area contributed by atoms with Crippen LogP contribution in [0.4, 0.5) is 0 Å². The zero-order chi connectivity index (χ0) is 11.5. The Hall–Kier alpha value is -1.57. The molecule has 0 saturated carbocycles. The maximum atomic E-state index is 11.6. The van der Waals surface area contributed by atoms with Gasteiger partial charge in [-0.1, -0.05) is 36.8 Å². The minimum absolute atomic E-state index is 0.0902. The van der Waals surface area contributed by atoms with Crippen LogP contribution in [0.2, 0.25) is 0 Å². The van der Waals surface area contributed by atoms with Crippen LogP contribution in [0.15, 0.2) is 29.8 Å². The van der Waals surface area contributed by atoms with Crippen LogP contribution in [-0.4, -0.2) is 11.9 Å². The van der Waals surface area contributed by atoms with E-state index in [0.29, 0.717) is 6.04 Å². The zero-order valence-electron chi connectivity index (χ0n) is 9.79. The predicted molar refractivity (Wildman–Crippen MR) is 66.0 cm³/mol. The van der Waals surface area contributed by atoms with Crippen molar-refractivity contribution in [3.05, 3.63) is 41.0 Å². The van der Waals surface area contributed by atoms with Gasteiger partial charge < -0.3 is 5.32 Å². The molecule has 0 aliphatic carbocycles. The fourth-order valence-electron chi connectivity index (χ4n) is 1.92. The van der Waals surface area contributed by atoms with Crippen molar-refractivity contribution < 1.29 is 4.79 Å². The van der Waals surface area contributed by atoms with E-state index >= 15 is 0 Å². The Morgan fingerprint density at radius 2 is 2.06 bits per heavy atom. The summed E-state index contributed by atoms with van der Waals surface area (Å²) in [7, 11) is 0. The van der Waals surface area contributed by atoms with Gasteiger partial charge in [-0.05, 0) is 31.4 Å². The van der Waals surface area contributed by atoms with E-state index < -0.39 is 0 Å². The number of hydrogen-bond donors (Lipinski definition) is 1. The summed E-state index contributed by atoms with van der Waals surface area (Å²) in [6.07, 6.45) is 3.84. The lowest BCUT2D eigenvalue weighted by Crippen LogP contribution is -2.24. The van der Waals surface area contributed by atoms with Crippen molar-refractivity contribution in [1.82, 2.24) is 5.32 Å². The fraction of sp³-hybridized carbons (Fsp3) is 0.357.